The first-order valence-corrected chi connectivity index (χ1v) is 7.43. The van der Waals surface area contributed by atoms with Crippen LogP contribution in [-0.2, 0) is 0 Å². The fourth-order valence-electron chi connectivity index (χ4n) is 2.93. The lowest BCUT2D eigenvalue weighted by molar-refractivity contribution is 0.00220. The average molecular weight is 295 g/mol. The molecular weight excluding hydrogens is 273 g/mol. The lowest BCUT2D eigenvalue weighted by Gasteiger charge is -2.36. The smallest absolute Gasteiger partial charge is 0.337 e. The van der Waals surface area contributed by atoms with Crippen molar-refractivity contribution in [1.82, 2.24) is 0 Å². The van der Waals surface area contributed by atoms with Crippen molar-refractivity contribution in [3.63, 3.8) is 0 Å². The van der Waals surface area contributed by atoms with Gasteiger partial charge in [-0.15, -0.1) is 0 Å². The first-order chi connectivity index (χ1) is 9.95. The van der Waals surface area contributed by atoms with E-state index in [1.54, 1.807) is 0 Å². The molecule has 116 valence electrons. The van der Waals surface area contributed by atoms with Crippen molar-refractivity contribution >= 4 is 11.7 Å². The molecule has 0 unspecified atom stereocenters. The first-order valence-electron chi connectivity index (χ1n) is 7.43. The van der Waals surface area contributed by atoms with Crippen LogP contribution in [0.2, 0.25) is 0 Å². The predicted molar refractivity (Wildman–Crippen MR) is 79.0 cm³/mol. The average Bonchev–Trinajstić information content (AvgIpc) is 2.46. The van der Waals surface area contributed by atoms with Gasteiger partial charge >= 0.3 is 5.97 Å². The Morgan fingerprint density at radius 2 is 2.10 bits per heavy atom. The van der Waals surface area contributed by atoms with E-state index in [0.717, 1.165) is 19.3 Å². The quantitative estimate of drug-likeness (QED) is 0.780. The van der Waals surface area contributed by atoms with Crippen LogP contribution in [-0.4, -0.2) is 28.3 Å². The second-order valence-corrected chi connectivity index (χ2v) is 5.90. The number of nitrogens with one attached hydrogen (secondary N) is 1. The summed E-state index contributed by atoms with van der Waals surface area (Å²) in [6.45, 7) is 2.32. The summed E-state index contributed by atoms with van der Waals surface area (Å²) < 4.78 is 13.8. The molecule has 3 N–H and O–H groups in total. The molecule has 2 rings (SSSR count). The highest BCUT2D eigenvalue weighted by Gasteiger charge is 2.33. The van der Waals surface area contributed by atoms with Crippen LogP contribution in [0.5, 0.6) is 0 Å². The second-order valence-electron chi connectivity index (χ2n) is 5.90. The zero-order valence-electron chi connectivity index (χ0n) is 12.2. The Hall–Kier alpha value is -1.62. The van der Waals surface area contributed by atoms with Crippen molar-refractivity contribution in [3.8, 4) is 0 Å². The standard InChI is InChI=1S/C16H22FNO3/c1-2-11-6-8-16(21,9-7-11)10-18-14-12(15(19)20)4-3-5-13(14)17/h3-5,11,18,21H,2,6-10H2,1H3,(H,19,20). The van der Waals surface area contributed by atoms with Crippen LogP contribution in [0, 0.1) is 11.7 Å². The number of halogens is 1. The number of rotatable bonds is 5. The summed E-state index contributed by atoms with van der Waals surface area (Å²) in [6.07, 6.45) is 4.35. The molecule has 1 aliphatic carbocycles. The lowest BCUT2D eigenvalue weighted by atomic mass is 9.78. The van der Waals surface area contributed by atoms with Gasteiger partial charge in [0, 0.05) is 6.54 Å². The Bertz CT molecular complexity index is 510. The van der Waals surface area contributed by atoms with Gasteiger partial charge in [0.25, 0.3) is 0 Å². The molecule has 1 fully saturated rings. The molecule has 0 spiro atoms. The molecule has 0 aliphatic heterocycles. The van der Waals surface area contributed by atoms with Gasteiger partial charge in [-0.05, 0) is 43.7 Å². The number of anilines is 1. The highest BCUT2D eigenvalue weighted by Crippen LogP contribution is 2.34. The van der Waals surface area contributed by atoms with Crippen molar-refractivity contribution in [2.24, 2.45) is 5.92 Å². The maximum Gasteiger partial charge on any atom is 0.337 e. The van der Waals surface area contributed by atoms with E-state index >= 15 is 0 Å². The molecule has 0 bridgehead atoms. The molecule has 21 heavy (non-hydrogen) atoms. The molecule has 0 atom stereocenters. The van der Waals surface area contributed by atoms with Crippen LogP contribution < -0.4 is 5.32 Å². The third-order valence-corrected chi connectivity index (χ3v) is 4.45. The van der Waals surface area contributed by atoms with Crippen LogP contribution in [0.25, 0.3) is 0 Å². The summed E-state index contributed by atoms with van der Waals surface area (Å²) in [6, 6.07) is 3.93. The number of aromatic carboxylic acids is 1. The highest BCUT2D eigenvalue weighted by atomic mass is 19.1. The number of hydrogen-bond donors (Lipinski definition) is 3. The lowest BCUT2D eigenvalue weighted by Crippen LogP contribution is -2.40. The molecule has 0 radical (unpaired) electrons. The van der Waals surface area contributed by atoms with E-state index in [-0.39, 0.29) is 17.8 Å². The number of aliphatic hydroxyl groups is 1. The normalized spacial score (nSPS) is 25.6. The molecule has 0 amide bonds. The van der Waals surface area contributed by atoms with Crippen molar-refractivity contribution < 1.29 is 19.4 Å². The van der Waals surface area contributed by atoms with Gasteiger partial charge in [0.15, 0.2) is 0 Å². The van der Waals surface area contributed by atoms with Crippen LogP contribution in [0.4, 0.5) is 10.1 Å². The third-order valence-electron chi connectivity index (χ3n) is 4.45. The van der Waals surface area contributed by atoms with E-state index in [0.29, 0.717) is 18.8 Å². The van der Waals surface area contributed by atoms with Crippen molar-refractivity contribution in [1.29, 1.82) is 0 Å². The summed E-state index contributed by atoms with van der Waals surface area (Å²) in [5.41, 5.74) is -1.04. The third kappa shape index (κ3) is 3.73. The zero-order chi connectivity index (χ0) is 15.5. The summed E-state index contributed by atoms with van der Waals surface area (Å²) in [4.78, 5) is 11.1. The van der Waals surface area contributed by atoms with Crippen LogP contribution in [0.3, 0.4) is 0 Å². The summed E-state index contributed by atoms with van der Waals surface area (Å²) in [7, 11) is 0. The van der Waals surface area contributed by atoms with E-state index in [1.165, 1.54) is 18.2 Å². The van der Waals surface area contributed by atoms with Gasteiger partial charge in [-0.1, -0.05) is 19.4 Å². The first kappa shape index (κ1) is 15.8. The minimum Gasteiger partial charge on any atom is -0.478 e. The number of carbonyl (C=O) groups is 1. The molecule has 0 aromatic heterocycles. The number of carboxylic acid groups (broad SMARTS) is 1. The maximum absolute atomic E-state index is 13.8. The second kappa shape index (κ2) is 6.43. The topological polar surface area (TPSA) is 69.6 Å². The Morgan fingerprint density at radius 3 is 2.67 bits per heavy atom. The zero-order valence-corrected chi connectivity index (χ0v) is 12.2. The fourth-order valence-corrected chi connectivity index (χ4v) is 2.93. The summed E-state index contributed by atoms with van der Waals surface area (Å²) in [5, 5.41) is 22.4. The van der Waals surface area contributed by atoms with Gasteiger partial charge < -0.3 is 15.5 Å². The molecule has 0 saturated heterocycles. The van der Waals surface area contributed by atoms with E-state index in [4.69, 9.17) is 5.11 Å². The number of hydrogen-bond acceptors (Lipinski definition) is 3. The molecule has 1 aromatic carbocycles. The van der Waals surface area contributed by atoms with E-state index < -0.39 is 17.4 Å². The van der Waals surface area contributed by atoms with Crippen LogP contribution in [0.1, 0.15) is 49.4 Å². The van der Waals surface area contributed by atoms with E-state index in [9.17, 15) is 14.3 Å². The van der Waals surface area contributed by atoms with Crippen molar-refractivity contribution in [2.75, 3.05) is 11.9 Å². The predicted octanol–water partition coefficient (Wildman–Crippen LogP) is 3.27. The van der Waals surface area contributed by atoms with Crippen LogP contribution >= 0.6 is 0 Å². The maximum atomic E-state index is 13.8. The van der Waals surface area contributed by atoms with E-state index in [2.05, 4.69) is 12.2 Å². The molecule has 4 nitrogen and oxygen atoms in total. The van der Waals surface area contributed by atoms with Gasteiger partial charge in [0.1, 0.15) is 5.82 Å². The van der Waals surface area contributed by atoms with Gasteiger partial charge in [0.2, 0.25) is 0 Å². The monoisotopic (exact) mass is 295 g/mol. The van der Waals surface area contributed by atoms with E-state index in [1.807, 2.05) is 0 Å². The number of benzene rings is 1. The molecular formula is C16H22FNO3. The molecule has 1 aromatic rings. The molecule has 0 heterocycles. The fraction of sp³-hybridized carbons (Fsp3) is 0.562. The Labute approximate surface area is 124 Å². The minimum atomic E-state index is -1.18. The summed E-state index contributed by atoms with van der Waals surface area (Å²) in [5.74, 6) is -1.15. The molecule has 1 aliphatic rings. The van der Waals surface area contributed by atoms with Crippen molar-refractivity contribution in [3.05, 3.63) is 29.6 Å². The van der Waals surface area contributed by atoms with Crippen LogP contribution in [0.15, 0.2) is 18.2 Å². The van der Waals surface area contributed by atoms with Gasteiger partial charge in [-0.3, -0.25) is 0 Å². The SMILES string of the molecule is CCC1CCC(O)(CNc2c(F)cccc2C(=O)O)CC1. The van der Waals surface area contributed by atoms with Gasteiger partial charge in [-0.2, -0.15) is 0 Å². The number of para-hydroxylation sites is 1. The van der Waals surface area contributed by atoms with Gasteiger partial charge in [-0.25, -0.2) is 9.18 Å². The summed E-state index contributed by atoms with van der Waals surface area (Å²) >= 11 is 0. The van der Waals surface area contributed by atoms with Gasteiger partial charge in [0.05, 0.1) is 16.9 Å². The van der Waals surface area contributed by atoms with Crippen molar-refractivity contribution in [2.45, 2.75) is 44.6 Å². The minimum absolute atomic E-state index is 0.0453. The largest absolute Gasteiger partial charge is 0.478 e. The Morgan fingerprint density at radius 1 is 1.43 bits per heavy atom. The molecule has 5 heteroatoms. The Kier molecular flexibility index (Phi) is 4.83. The number of carboxylic acids is 1. The molecule has 1 saturated carbocycles. The Balaban J connectivity index is 2.05. The highest BCUT2D eigenvalue weighted by molar-refractivity contribution is 5.94.